The second-order valence-corrected chi connectivity index (χ2v) is 6.36. The van der Waals surface area contributed by atoms with Crippen LogP contribution in [0.1, 0.15) is 48.5 Å². The fourth-order valence-electron chi connectivity index (χ4n) is 2.27. The Balaban J connectivity index is 2.11. The molecule has 0 spiro atoms. The number of amides is 1. The van der Waals surface area contributed by atoms with Crippen LogP contribution in [0.3, 0.4) is 0 Å². The first-order chi connectivity index (χ1) is 11.2. The molecule has 0 saturated carbocycles. The van der Waals surface area contributed by atoms with Gasteiger partial charge in [0, 0.05) is 12.1 Å². The Hall–Kier alpha value is -1.88. The summed E-state index contributed by atoms with van der Waals surface area (Å²) in [6.45, 7) is 7.34. The van der Waals surface area contributed by atoms with Gasteiger partial charge in [-0.25, -0.2) is 4.98 Å². The molecule has 1 heterocycles. The molecular formula is C18H24N2O2S. The molecule has 0 unspecified atom stereocenters. The van der Waals surface area contributed by atoms with Gasteiger partial charge in [0.1, 0.15) is 15.6 Å². The average molecular weight is 332 g/mol. The molecule has 0 aliphatic heterocycles. The van der Waals surface area contributed by atoms with Crippen molar-refractivity contribution in [2.45, 2.75) is 40.0 Å². The highest BCUT2D eigenvalue weighted by Gasteiger charge is 2.16. The minimum absolute atomic E-state index is 0.0247. The molecule has 0 bridgehead atoms. The quantitative estimate of drug-likeness (QED) is 0.727. The van der Waals surface area contributed by atoms with Gasteiger partial charge in [0.25, 0.3) is 5.91 Å². The van der Waals surface area contributed by atoms with Gasteiger partial charge < -0.3 is 10.1 Å². The van der Waals surface area contributed by atoms with Gasteiger partial charge in [-0.05, 0) is 32.4 Å². The predicted molar refractivity (Wildman–Crippen MR) is 95.3 cm³/mol. The molecule has 2 rings (SSSR count). The van der Waals surface area contributed by atoms with Crippen LogP contribution in [0.15, 0.2) is 24.3 Å². The maximum atomic E-state index is 12.3. The van der Waals surface area contributed by atoms with E-state index < -0.39 is 0 Å². The van der Waals surface area contributed by atoms with Crippen LogP contribution >= 0.6 is 11.3 Å². The van der Waals surface area contributed by atoms with Crippen LogP contribution in [0.4, 0.5) is 0 Å². The fraction of sp³-hybridized carbons (Fsp3) is 0.444. The summed E-state index contributed by atoms with van der Waals surface area (Å²) in [5, 5.41) is 3.83. The van der Waals surface area contributed by atoms with Gasteiger partial charge in [-0.1, -0.05) is 31.9 Å². The van der Waals surface area contributed by atoms with E-state index in [0.29, 0.717) is 11.5 Å². The molecule has 0 radical (unpaired) electrons. The molecule has 5 heteroatoms. The maximum Gasteiger partial charge on any atom is 0.263 e. The van der Waals surface area contributed by atoms with Crippen molar-refractivity contribution >= 4 is 17.2 Å². The first-order valence-electron chi connectivity index (χ1n) is 8.14. The molecule has 124 valence electrons. The second-order valence-electron chi connectivity index (χ2n) is 5.36. The van der Waals surface area contributed by atoms with E-state index in [2.05, 4.69) is 17.2 Å². The van der Waals surface area contributed by atoms with Crippen molar-refractivity contribution in [2.24, 2.45) is 0 Å². The van der Waals surface area contributed by atoms with Gasteiger partial charge in [-0.2, -0.15) is 0 Å². The van der Waals surface area contributed by atoms with Gasteiger partial charge in [0.2, 0.25) is 0 Å². The number of nitrogens with zero attached hydrogens (tertiary/aromatic N) is 1. The minimum atomic E-state index is -0.0247. The standard InChI is InChI=1S/C18H24N2O2S/c1-4-6-7-11-19-17(21)16-13(3)20-18(23-16)14-9-8-10-15(12-14)22-5-2/h8-10,12H,4-7,11H2,1-3H3,(H,19,21). The molecule has 0 fully saturated rings. The molecule has 0 atom stereocenters. The Morgan fingerprint density at radius 3 is 2.87 bits per heavy atom. The van der Waals surface area contributed by atoms with E-state index in [9.17, 15) is 4.79 Å². The lowest BCUT2D eigenvalue weighted by atomic mass is 10.2. The number of nitrogens with one attached hydrogen (secondary N) is 1. The van der Waals surface area contributed by atoms with Crippen LogP contribution in [-0.2, 0) is 0 Å². The smallest absolute Gasteiger partial charge is 0.263 e. The van der Waals surface area contributed by atoms with Crippen molar-refractivity contribution in [3.63, 3.8) is 0 Å². The maximum absolute atomic E-state index is 12.3. The fourth-order valence-corrected chi connectivity index (χ4v) is 3.25. The van der Waals surface area contributed by atoms with Crippen molar-refractivity contribution in [3.8, 4) is 16.3 Å². The third-order valence-electron chi connectivity index (χ3n) is 3.46. The number of hydrogen-bond donors (Lipinski definition) is 1. The summed E-state index contributed by atoms with van der Waals surface area (Å²) in [6, 6.07) is 7.82. The highest BCUT2D eigenvalue weighted by Crippen LogP contribution is 2.30. The first kappa shape index (κ1) is 17.5. The summed E-state index contributed by atoms with van der Waals surface area (Å²) in [6.07, 6.45) is 3.30. The third-order valence-corrected chi connectivity index (χ3v) is 4.67. The number of carbonyl (C=O) groups is 1. The molecule has 1 aromatic heterocycles. The molecule has 0 aliphatic rings. The van der Waals surface area contributed by atoms with Crippen molar-refractivity contribution in [2.75, 3.05) is 13.2 Å². The second kappa shape index (κ2) is 8.67. The Bertz CT molecular complexity index is 652. The lowest BCUT2D eigenvalue weighted by Crippen LogP contribution is -2.24. The van der Waals surface area contributed by atoms with Gasteiger partial charge in [0.05, 0.1) is 12.3 Å². The number of benzene rings is 1. The third kappa shape index (κ3) is 4.79. The Morgan fingerprint density at radius 2 is 2.13 bits per heavy atom. The number of hydrogen-bond acceptors (Lipinski definition) is 4. The van der Waals surface area contributed by atoms with E-state index in [1.54, 1.807) is 0 Å². The zero-order valence-electron chi connectivity index (χ0n) is 14.0. The van der Waals surface area contributed by atoms with E-state index in [1.165, 1.54) is 11.3 Å². The van der Waals surface area contributed by atoms with Gasteiger partial charge in [0.15, 0.2) is 0 Å². The van der Waals surface area contributed by atoms with Crippen LogP contribution in [0.2, 0.25) is 0 Å². The Kier molecular flexibility index (Phi) is 6.59. The minimum Gasteiger partial charge on any atom is -0.494 e. The molecule has 4 nitrogen and oxygen atoms in total. The van der Waals surface area contributed by atoms with Crippen molar-refractivity contribution in [1.82, 2.24) is 10.3 Å². The molecule has 0 saturated heterocycles. The van der Waals surface area contributed by atoms with Crippen molar-refractivity contribution in [1.29, 1.82) is 0 Å². The zero-order chi connectivity index (χ0) is 16.7. The lowest BCUT2D eigenvalue weighted by Gasteiger charge is -2.04. The van der Waals surface area contributed by atoms with E-state index >= 15 is 0 Å². The number of thiazole rings is 1. The number of carbonyl (C=O) groups excluding carboxylic acids is 1. The molecule has 2 aromatic rings. The van der Waals surface area contributed by atoms with Crippen LogP contribution in [0, 0.1) is 6.92 Å². The van der Waals surface area contributed by atoms with E-state index in [-0.39, 0.29) is 5.91 Å². The summed E-state index contributed by atoms with van der Waals surface area (Å²) in [7, 11) is 0. The van der Waals surface area contributed by atoms with Crippen LogP contribution in [-0.4, -0.2) is 24.0 Å². The van der Waals surface area contributed by atoms with Crippen molar-refractivity contribution < 1.29 is 9.53 Å². The highest BCUT2D eigenvalue weighted by atomic mass is 32.1. The summed E-state index contributed by atoms with van der Waals surface area (Å²) in [5.41, 5.74) is 1.76. The van der Waals surface area contributed by atoms with E-state index in [1.807, 2.05) is 38.1 Å². The van der Waals surface area contributed by atoms with E-state index in [0.717, 1.165) is 47.8 Å². The van der Waals surface area contributed by atoms with Gasteiger partial charge >= 0.3 is 0 Å². The molecule has 23 heavy (non-hydrogen) atoms. The first-order valence-corrected chi connectivity index (χ1v) is 8.96. The topological polar surface area (TPSA) is 51.2 Å². The number of unbranched alkanes of at least 4 members (excludes halogenated alkanes) is 2. The molecule has 1 amide bonds. The average Bonchev–Trinajstić information content (AvgIpc) is 2.94. The molecule has 1 N–H and O–H groups in total. The van der Waals surface area contributed by atoms with Gasteiger partial charge in [-0.3, -0.25) is 4.79 Å². The van der Waals surface area contributed by atoms with Crippen LogP contribution < -0.4 is 10.1 Å². The largest absolute Gasteiger partial charge is 0.494 e. The predicted octanol–water partition coefficient (Wildman–Crippen LogP) is 4.44. The highest BCUT2D eigenvalue weighted by molar-refractivity contribution is 7.17. The number of rotatable bonds is 8. The summed E-state index contributed by atoms with van der Waals surface area (Å²) < 4.78 is 5.53. The zero-order valence-corrected chi connectivity index (χ0v) is 14.8. The van der Waals surface area contributed by atoms with Crippen LogP contribution in [0.5, 0.6) is 5.75 Å². The monoisotopic (exact) mass is 332 g/mol. The summed E-state index contributed by atoms with van der Waals surface area (Å²) in [5.74, 6) is 0.798. The number of ether oxygens (including phenoxy) is 1. The number of aromatic nitrogens is 1. The van der Waals surface area contributed by atoms with Gasteiger partial charge in [-0.15, -0.1) is 11.3 Å². The normalized spacial score (nSPS) is 10.6. The molecule has 1 aromatic carbocycles. The Labute approximate surface area is 141 Å². The SMILES string of the molecule is CCCCCNC(=O)c1sc(-c2cccc(OCC)c2)nc1C. The van der Waals surface area contributed by atoms with E-state index in [4.69, 9.17) is 4.74 Å². The summed E-state index contributed by atoms with van der Waals surface area (Å²) in [4.78, 5) is 17.5. The number of aryl methyl sites for hydroxylation is 1. The molecule has 0 aliphatic carbocycles. The molecular weight excluding hydrogens is 308 g/mol. The van der Waals surface area contributed by atoms with Crippen molar-refractivity contribution in [3.05, 3.63) is 34.8 Å². The Morgan fingerprint density at radius 1 is 1.30 bits per heavy atom. The lowest BCUT2D eigenvalue weighted by molar-refractivity contribution is 0.0956. The van der Waals surface area contributed by atoms with Crippen LogP contribution in [0.25, 0.3) is 10.6 Å². The summed E-state index contributed by atoms with van der Waals surface area (Å²) >= 11 is 1.43.